The number of rotatable bonds is 6. The first-order valence-electron chi connectivity index (χ1n) is 5.21. The molecule has 1 aromatic rings. The smallest absolute Gasteiger partial charge is 0.326 e. The average molecular weight is 287 g/mol. The van der Waals surface area contributed by atoms with Crippen LogP contribution in [-0.2, 0) is 9.59 Å². The molecule has 0 bridgehead atoms. The molecule has 9 heteroatoms. The van der Waals surface area contributed by atoms with E-state index in [2.05, 4.69) is 15.5 Å². The van der Waals surface area contributed by atoms with Crippen molar-refractivity contribution in [3.8, 4) is 0 Å². The number of carbonyl (C=O) groups excluding carboxylic acids is 2. The number of aromatic nitrogens is 2. The van der Waals surface area contributed by atoms with Crippen LogP contribution in [0.2, 0.25) is 5.15 Å². The van der Waals surface area contributed by atoms with E-state index in [0.29, 0.717) is 0 Å². The van der Waals surface area contributed by atoms with Gasteiger partial charge >= 0.3 is 5.97 Å². The van der Waals surface area contributed by atoms with Crippen molar-refractivity contribution in [1.29, 1.82) is 0 Å². The number of hydrogen-bond donors (Lipinski definition) is 3. The van der Waals surface area contributed by atoms with Gasteiger partial charge in [0.1, 0.15) is 6.04 Å². The Kier molecular flexibility index (Phi) is 5.19. The second kappa shape index (κ2) is 6.64. The minimum atomic E-state index is -1.27. The summed E-state index contributed by atoms with van der Waals surface area (Å²) in [5.74, 6) is -2.63. The lowest BCUT2D eigenvalue weighted by atomic mass is 10.1. The van der Waals surface area contributed by atoms with Crippen LogP contribution in [0.1, 0.15) is 23.3 Å². The van der Waals surface area contributed by atoms with Crippen LogP contribution in [0.4, 0.5) is 0 Å². The summed E-state index contributed by atoms with van der Waals surface area (Å²) < 4.78 is 0. The molecule has 0 aliphatic heterocycles. The minimum absolute atomic E-state index is 0.0743. The van der Waals surface area contributed by atoms with Crippen molar-refractivity contribution in [1.82, 2.24) is 15.5 Å². The van der Waals surface area contributed by atoms with Gasteiger partial charge in [-0.2, -0.15) is 0 Å². The number of nitrogens with zero attached hydrogens (tertiary/aromatic N) is 2. The number of carboxylic acid groups (broad SMARTS) is 1. The minimum Gasteiger partial charge on any atom is -0.480 e. The van der Waals surface area contributed by atoms with Gasteiger partial charge in [0.2, 0.25) is 5.91 Å². The van der Waals surface area contributed by atoms with Gasteiger partial charge in [0.05, 0.1) is 0 Å². The summed E-state index contributed by atoms with van der Waals surface area (Å²) in [6, 6.07) is 1.43. The van der Waals surface area contributed by atoms with Crippen LogP contribution in [0.3, 0.4) is 0 Å². The second-order valence-corrected chi connectivity index (χ2v) is 4.00. The van der Waals surface area contributed by atoms with E-state index in [0.717, 1.165) is 0 Å². The van der Waals surface area contributed by atoms with Crippen molar-refractivity contribution in [3.05, 3.63) is 23.0 Å². The Bertz CT molecular complexity index is 491. The molecule has 0 aliphatic carbocycles. The molecule has 0 saturated carbocycles. The van der Waals surface area contributed by atoms with Gasteiger partial charge in [-0.1, -0.05) is 11.6 Å². The van der Waals surface area contributed by atoms with Crippen LogP contribution in [0.25, 0.3) is 0 Å². The summed E-state index contributed by atoms with van der Waals surface area (Å²) in [6.45, 7) is 0. The Morgan fingerprint density at radius 1 is 1.37 bits per heavy atom. The number of hydrogen-bond acceptors (Lipinski definition) is 5. The number of nitrogens with one attached hydrogen (secondary N) is 1. The molecule has 0 radical (unpaired) electrons. The fraction of sp³-hybridized carbons (Fsp3) is 0.300. The molecule has 1 heterocycles. The van der Waals surface area contributed by atoms with E-state index in [1.165, 1.54) is 12.1 Å². The number of aliphatic carboxylic acids is 1. The van der Waals surface area contributed by atoms with Gasteiger partial charge < -0.3 is 16.2 Å². The average Bonchev–Trinajstić information content (AvgIpc) is 2.34. The molecule has 8 nitrogen and oxygen atoms in total. The molecule has 1 rings (SSSR count). The van der Waals surface area contributed by atoms with Crippen LogP contribution in [-0.4, -0.2) is 39.1 Å². The summed E-state index contributed by atoms with van der Waals surface area (Å²) in [7, 11) is 0. The zero-order valence-corrected chi connectivity index (χ0v) is 10.4. The normalized spacial score (nSPS) is 11.6. The molecule has 0 aromatic carbocycles. The molecular weight excluding hydrogens is 276 g/mol. The molecular formula is C10H11ClN4O4. The van der Waals surface area contributed by atoms with Crippen molar-refractivity contribution in [2.75, 3.05) is 0 Å². The Hall–Kier alpha value is -2.22. The van der Waals surface area contributed by atoms with Crippen LogP contribution in [0.5, 0.6) is 0 Å². The van der Waals surface area contributed by atoms with E-state index in [9.17, 15) is 14.4 Å². The molecule has 102 valence electrons. The number of carbonyl (C=O) groups is 3. The first kappa shape index (κ1) is 14.8. The quantitative estimate of drug-likeness (QED) is 0.650. The van der Waals surface area contributed by atoms with E-state index in [4.69, 9.17) is 22.4 Å². The highest BCUT2D eigenvalue weighted by molar-refractivity contribution is 6.29. The Labute approximate surface area is 113 Å². The maximum atomic E-state index is 11.7. The zero-order valence-electron chi connectivity index (χ0n) is 9.67. The van der Waals surface area contributed by atoms with Crippen molar-refractivity contribution < 1.29 is 19.5 Å². The number of amides is 2. The predicted molar refractivity (Wildman–Crippen MR) is 64.4 cm³/mol. The Morgan fingerprint density at radius 2 is 2.05 bits per heavy atom. The van der Waals surface area contributed by atoms with Crippen molar-refractivity contribution in [3.63, 3.8) is 0 Å². The lowest BCUT2D eigenvalue weighted by Crippen LogP contribution is -2.41. The second-order valence-electron chi connectivity index (χ2n) is 3.61. The largest absolute Gasteiger partial charge is 0.480 e. The maximum absolute atomic E-state index is 11.7. The van der Waals surface area contributed by atoms with E-state index in [1.54, 1.807) is 0 Å². The van der Waals surface area contributed by atoms with Gasteiger partial charge in [-0.05, 0) is 18.6 Å². The highest BCUT2D eigenvalue weighted by Gasteiger charge is 2.21. The Morgan fingerprint density at radius 3 is 2.53 bits per heavy atom. The van der Waals surface area contributed by atoms with E-state index in [1.807, 2.05) is 0 Å². The highest BCUT2D eigenvalue weighted by atomic mass is 35.5. The van der Waals surface area contributed by atoms with Crippen LogP contribution < -0.4 is 11.1 Å². The lowest BCUT2D eigenvalue weighted by molar-refractivity contribution is -0.139. The Balaban J connectivity index is 2.68. The number of primary amides is 1. The van der Waals surface area contributed by atoms with E-state index in [-0.39, 0.29) is 23.7 Å². The predicted octanol–water partition coefficient (Wildman–Crippen LogP) is -0.422. The molecule has 0 spiro atoms. The van der Waals surface area contributed by atoms with Crippen molar-refractivity contribution in [2.24, 2.45) is 5.73 Å². The number of nitrogens with two attached hydrogens (primary N) is 1. The number of halogens is 1. The molecule has 1 aromatic heterocycles. The van der Waals surface area contributed by atoms with E-state index >= 15 is 0 Å². The molecule has 0 saturated heterocycles. The number of carboxylic acids is 1. The first-order chi connectivity index (χ1) is 8.90. The summed E-state index contributed by atoms with van der Waals surface area (Å²) in [4.78, 5) is 33.2. The van der Waals surface area contributed by atoms with Crippen LogP contribution >= 0.6 is 11.6 Å². The third kappa shape index (κ3) is 4.88. The van der Waals surface area contributed by atoms with Gasteiger partial charge in [-0.25, -0.2) is 4.79 Å². The zero-order chi connectivity index (χ0) is 14.4. The topological polar surface area (TPSA) is 135 Å². The molecule has 0 aliphatic rings. The maximum Gasteiger partial charge on any atom is 0.326 e. The monoisotopic (exact) mass is 286 g/mol. The SMILES string of the molecule is NC(=O)CCC(NC(=O)c1ccc(Cl)nn1)C(=O)O. The third-order valence-electron chi connectivity index (χ3n) is 2.15. The molecule has 1 unspecified atom stereocenters. The molecule has 2 amide bonds. The highest BCUT2D eigenvalue weighted by Crippen LogP contribution is 2.04. The molecule has 19 heavy (non-hydrogen) atoms. The molecule has 4 N–H and O–H groups in total. The van der Waals surface area contributed by atoms with Crippen LogP contribution in [0.15, 0.2) is 12.1 Å². The summed E-state index contributed by atoms with van der Waals surface area (Å²) >= 11 is 5.51. The van der Waals surface area contributed by atoms with E-state index < -0.39 is 23.8 Å². The standard InChI is InChI=1S/C10H11ClN4O4/c11-7-3-1-5(14-15-7)9(17)13-6(10(18)19)2-4-8(12)16/h1,3,6H,2,4H2,(H2,12,16)(H,13,17)(H,18,19). The first-order valence-corrected chi connectivity index (χ1v) is 5.59. The van der Waals surface area contributed by atoms with Crippen molar-refractivity contribution >= 4 is 29.4 Å². The fourth-order valence-corrected chi connectivity index (χ4v) is 1.31. The van der Waals surface area contributed by atoms with Gasteiger partial charge in [0.15, 0.2) is 10.8 Å². The van der Waals surface area contributed by atoms with Gasteiger partial charge in [0, 0.05) is 6.42 Å². The summed E-state index contributed by atoms with van der Waals surface area (Å²) in [6.07, 6.45) is -0.249. The summed E-state index contributed by atoms with van der Waals surface area (Å²) in [5.41, 5.74) is 4.84. The van der Waals surface area contributed by atoms with Crippen LogP contribution in [0, 0.1) is 0 Å². The lowest BCUT2D eigenvalue weighted by Gasteiger charge is -2.12. The van der Waals surface area contributed by atoms with Gasteiger partial charge in [-0.3, -0.25) is 9.59 Å². The fourth-order valence-electron chi connectivity index (χ4n) is 1.21. The van der Waals surface area contributed by atoms with Crippen molar-refractivity contribution in [2.45, 2.75) is 18.9 Å². The molecule has 1 atom stereocenters. The van der Waals surface area contributed by atoms with Gasteiger partial charge in [0.25, 0.3) is 5.91 Å². The van der Waals surface area contributed by atoms with Gasteiger partial charge in [-0.15, -0.1) is 10.2 Å². The third-order valence-corrected chi connectivity index (χ3v) is 2.35. The molecule has 0 fully saturated rings. The summed E-state index contributed by atoms with van der Waals surface area (Å²) in [5, 5.41) is 18.2.